The predicted molar refractivity (Wildman–Crippen MR) is 111 cm³/mol. The molecule has 0 radical (unpaired) electrons. The maximum Gasteiger partial charge on any atom is 0.433 e. The topological polar surface area (TPSA) is 88.0 Å². The smallest absolute Gasteiger partial charge is 0.433 e. The zero-order valence-corrected chi connectivity index (χ0v) is 17.7. The molecule has 34 heavy (non-hydrogen) atoms. The van der Waals surface area contributed by atoms with Crippen LogP contribution < -0.4 is 10.6 Å². The fourth-order valence-electron chi connectivity index (χ4n) is 3.04. The highest BCUT2D eigenvalue weighted by Crippen LogP contribution is 2.30. The summed E-state index contributed by atoms with van der Waals surface area (Å²) in [4.78, 5) is 11.6. The van der Waals surface area contributed by atoms with Gasteiger partial charge in [-0.15, -0.1) is 0 Å². The van der Waals surface area contributed by atoms with Crippen LogP contribution in [-0.4, -0.2) is 46.2 Å². The third kappa shape index (κ3) is 5.21. The first-order valence-corrected chi connectivity index (χ1v) is 9.74. The van der Waals surface area contributed by atoms with Crippen molar-refractivity contribution >= 4 is 24.0 Å². The Labute approximate surface area is 189 Å². The minimum atomic E-state index is -4.67. The van der Waals surface area contributed by atoms with Crippen molar-refractivity contribution in [1.82, 2.24) is 10.3 Å². The molecule has 4 heterocycles. The largest absolute Gasteiger partial charge is 0.477 e. The van der Waals surface area contributed by atoms with Crippen LogP contribution in [0.15, 0.2) is 63.8 Å². The van der Waals surface area contributed by atoms with Gasteiger partial charge in [0.15, 0.2) is 12.2 Å². The van der Waals surface area contributed by atoms with Gasteiger partial charge in [0.25, 0.3) is 0 Å². The molecule has 8 nitrogen and oxygen atoms in total. The highest BCUT2D eigenvalue weighted by molar-refractivity contribution is 6.20. The molecule has 0 saturated carbocycles. The van der Waals surface area contributed by atoms with Crippen LogP contribution in [0, 0.1) is 0 Å². The van der Waals surface area contributed by atoms with E-state index in [1.807, 2.05) is 0 Å². The van der Waals surface area contributed by atoms with Gasteiger partial charge in [0.1, 0.15) is 17.0 Å². The first-order valence-electron chi connectivity index (χ1n) is 9.74. The maximum absolute atomic E-state index is 13.2. The van der Waals surface area contributed by atoms with Crippen LogP contribution in [0.3, 0.4) is 0 Å². The number of alkyl halides is 6. The Bertz CT molecular complexity index is 1190. The van der Waals surface area contributed by atoms with Crippen LogP contribution in [0.4, 0.5) is 32.0 Å². The minimum absolute atomic E-state index is 0.0222. The lowest BCUT2D eigenvalue weighted by Crippen LogP contribution is -2.33. The Balaban J connectivity index is 1.70. The van der Waals surface area contributed by atoms with Gasteiger partial charge in [0, 0.05) is 11.9 Å². The monoisotopic (exact) mass is 485 g/mol. The first-order chi connectivity index (χ1) is 15.8. The predicted octanol–water partition coefficient (Wildman–Crippen LogP) is 4.24. The second-order valence-electron chi connectivity index (χ2n) is 7.92. The lowest BCUT2D eigenvalue weighted by molar-refractivity contribution is -0.400. The second kappa shape index (κ2) is 8.18. The lowest BCUT2D eigenvalue weighted by Gasteiger charge is -2.22. The number of pyridine rings is 1. The normalized spacial score (nSPS) is 22.0. The van der Waals surface area contributed by atoms with Gasteiger partial charge in [-0.2, -0.15) is 41.6 Å². The molecule has 0 unspecified atom stereocenters. The van der Waals surface area contributed by atoms with Gasteiger partial charge in [-0.1, -0.05) is 6.08 Å². The number of nitrogens with zero attached hydrogens (tertiary/aromatic N) is 5. The van der Waals surface area contributed by atoms with Crippen molar-refractivity contribution in [3.05, 3.63) is 64.8 Å². The number of dihydropyridines is 1. The van der Waals surface area contributed by atoms with Gasteiger partial charge in [-0.25, -0.2) is 0 Å². The van der Waals surface area contributed by atoms with Crippen molar-refractivity contribution in [2.75, 3.05) is 11.9 Å². The zero-order chi connectivity index (χ0) is 24.7. The van der Waals surface area contributed by atoms with E-state index in [1.54, 1.807) is 13.8 Å². The Kier molecular flexibility index (Phi) is 5.61. The van der Waals surface area contributed by atoms with Crippen LogP contribution in [0.5, 0.6) is 0 Å². The Morgan fingerprint density at radius 2 is 1.91 bits per heavy atom. The number of rotatable bonds is 1. The average Bonchev–Trinajstić information content (AvgIpc) is 3.12. The quantitative estimate of drug-likeness (QED) is 0.460. The molecule has 4 rings (SSSR count). The third-order valence-corrected chi connectivity index (χ3v) is 4.58. The van der Waals surface area contributed by atoms with E-state index in [0.29, 0.717) is 6.54 Å². The third-order valence-electron chi connectivity index (χ3n) is 4.58. The maximum atomic E-state index is 13.2. The number of anilines is 1. The molecular formula is C20H17F6N7O. The number of aromatic nitrogens is 1. The molecule has 1 aromatic heterocycles. The zero-order valence-electron chi connectivity index (χ0n) is 17.7. The van der Waals surface area contributed by atoms with Gasteiger partial charge < -0.3 is 15.4 Å². The fourth-order valence-corrected chi connectivity index (χ4v) is 3.04. The molecule has 0 saturated heterocycles. The molecule has 0 bridgehead atoms. The van der Waals surface area contributed by atoms with E-state index in [2.05, 4.69) is 30.9 Å². The summed E-state index contributed by atoms with van der Waals surface area (Å²) in [6.07, 6.45) is -3.64. The highest BCUT2D eigenvalue weighted by Gasteiger charge is 2.36. The van der Waals surface area contributed by atoms with Crippen LogP contribution in [0.25, 0.3) is 5.32 Å². The van der Waals surface area contributed by atoms with Gasteiger partial charge in [0.2, 0.25) is 11.9 Å². The van der Waals surface area contributed by atoms with Crippen molar-refractivity contribution < 1.29 is 35.7 Å². The molecule has 3 aliphatic heterocycles. The van der Waals surface area contributed by atoms with Crippen molar-refractivity contribution in [2.45, 2.75) is 31.8 Å². The van der Waals surface area contributed by atoms with Crippen LogP contribution in [0.2, 0.25) is 0 Å². The average molecular weight is 485 g/mol. The highest BCUT2D eigenvalue weighted by atomic mass is 19.4. The molecule has 0 spiro atoms. The molecule has 14 heteroatoms. The molecule has 180 valence electrons. The van der Waals surface area contributed by atoms with E-state index >= 15 is 0 Å². The summed E-state index contributed by atoms with van der Waals surface area (Å²) in [5.74, 6) is -0.334. The van der Waals surface area contributed by atoms with E-state index in [4.69, 9.17) is 4.74 Å². The summed E-state index contributed by atoms with van der Waals surface area (Å²) < 4.78 is 85.6. The van der Waals surface area contributed by atoms with E-state index in [9.17, 15) is 26.3 Å². The molecule has 0 aromatic carbocycles. The van der Waals surface area contributed by atoms with E-state index in [-0.39, 0.29) is 29.1 Å². The summed E-state index contributed by atoms with van der Waals surface area (Å²) >= 11 is 0. The van der Waals surface area contributed by atoms with Crippen molar-refractivity contribution in [1.29, 1.82) is 0 Å². The van der Waals surface area contributed by atoms with Crippen molar-refractivity contribution in [3.63, 3.8) is 0 Å². The lowest BCUT2D eigenvalue weighted by atomic mass is 10.1. The molecule has 0 fully saturated rings. The van der Waals surface area contributed by atoms with Crippen molar-refractivity contribution in [3.8, 4) is 0 Å². The van der Waals surface area contributed by atoms with Crippen LogP contribution in [-0.2, 0) is 10.9 Å². The van der Waals surface area contributed by atoms with Crippen molar-refractivity contribution in [2.24, 2.45) is 9.98 Å². The number of hydrogen-bond acceptors (Lipinski definition) is 6. The van der Waals surface area contributed by atoms with E-state index in [0.717, 1.165) is 18.3 Å². The van der Waals surface area contributed by atoms with E-state index < -0.39 is 29.3 Å². The van der Waals surface area contributed by atoms with Gasteiger partial charge in [-0.3, -0.25) is 9.56 Å². The molecule has 3 aliphatic rings. The molecule has 0 aliphatic carbocycles. The number of ether oxygens (including phenoxy) is 1. The molecule has 2 N–H and O–H groups in total. The standard InChI is InChI=1S/C20H17F6N7O/c1-18(2)9-33(10-34-18)17-31-15(12-4-3-5-13(29-12)19(21,22)23)30-16(32-17)28-11-6-7-27-14(8-11)20(24,25)26/h3-8,10,29H,9H2,1-2H3,(H-,27,28,30,31,32). The Morgan fingerprint density at radius 1 is 1.15 bits per heavy atom. The Morgan fingerprint density at radius 3 is 2.56 bits per heavy atom. The molecule has 0 atom stereocenters. The van der Waals surface area contributed by atoms with E-state index in [1.165, 1.54) is 29.2 Å². The first kappa shape index (κ1) is 23.3. The van der Waals surface area contributed by atoms with Gasteiger partial charge in [0.05, 0.1) is 12.2 Å². The number of hydrogen-bond donors (Lipinski definition) is 2. The van der Waals surface area contributed by atoms with Gasteiger partial charge >= 0.3 is 12.4 Å². The SMILES string of the molecule is CC1(C)C[N+](C2=NC(=C3C=CC=C(C(F)(F)F)N3)N=C(Nc3ccnc(C(F)(F)F)c3)[N-]2)=CO1. The van der Waals surface area contributed by atoms with Crippen LogP contribution in [0.1, 0.15) is 19.5 Å². The minimum Gasteiger partial charge on any atom is -0.477 e. The summed E-state index contributed by atoms with van der Waals surface area (Å²) in [5, 5.41) is 9.08. The number of allylic oxidation sites excluding steroid dienone is 4. The number of nitrogens with one attached hydrogen (secondary N) is 2. The summed E-state index contributed by atoms with van der Waals surface area (Å²) in [6, 6.07) is 2.02. The summed E-state index contributed by atoms with van der Waals surface area (Å²) in [6.45, 7) is 3.93. The number of halogens is 6. The molecule has 1 aromatic rings. The second-order valence-corrected chi connectivity index (χ2v) is 7.92. The summed E-state index contributed by atoms with van der Waals surface area (Å²) in [7, 11) is 0. The number of aliphatic imine (C=N–C) groups is 2. The fraction of sp³-hybridized carbons (Fsp3) is 0.300. The molecular weight excluding hydrogens is 468 g/mol. The number of guanidine groups is 2. The summed E-state index contributed by atoms with van der Waals surface area (Å²) in [5.41, 5.74) is -2.86. The van der Waals surface area contributed by atoms with Gasteiger partial charge in [-0.05, 0) is 38.1 Å². The Hall–Kier alpha value is -3.84. The molecule has 0 amide bonds. The van der Waals surface area contributed by atoms with Crippen LogP contribution >= 0.6 is 0 Å².